The van der Waals surface area contributed by atoms with Gasteiger partial charge in [0.15, 0.2) is 0 Å². The highest BCUT2D eigenvalue weighted by atomic mass is 16.2. The van der Waals surface area contributed by atoms with Gasteiger partial charge in [0.25, 0.3) is 0 Å². The lowest BCUT2D eigenvalue weighted by molar-refractivity contribution is -0.118. The SMILES string of the molecule is Cc1ccccc1CCC(=O)N(C)c1[nH]nc(-c2ccncc2)c1C. The highest BCUT2D eigenvalue weighted by molar-refractivity contribution is 5.93. The van der Waals surface area contributed by atoms with Gasteiger partial charge >= 0.3 is 0 Å². The van der Waals surface area contributed by atoms with Crippen LogP contribution in [-0.2, 0) is 11.2 Å². The summed E-state index contributed by atoms with van der Waals surface area (Å²) in [6.45, 7) is 4.04. The number of aryl methyl sites for hydroxylation is 2. The van der Waals surface area contributed by atoms with Crippen molar-refractivity contribution in [2.24, 2.45) is 0 Å². The molecule has 0 unspecified atom stereocenters. The van der Waals surface area contributed by atoms with Gasteiger partial charge < -0.3 is 4.90 Å². The molecular weight excluding hydrogens is 312 g/mol. The Bertz CT molecular complexity index is 870. The Morgan fingerprint density at radius 2 is 1.84 bits per heavy atom. The largest absolute Gasteiger partial charge is 0.300 e. The zero-order valence-corrected chi connectivity index (χ0v) is 14.8. The molecule has 2 aromatic heterocycles. The fraction of sp³-hybridized carbons (Fsp3) is 0.250. The summed E-state index contributed by atoms with van der Waals surface area (Å²) in [5, 5.41) is 7.37. The normalized spacial score (nSPS) is 10.7. The zero-order valence-electron chi connectivity index (χ0n) is 14.8. The van der Waals surface area contributed by atoms with Crippen molar-refractivity contribution in [1.29, 1.82) is 0 Å². The van der Waals surface area contributed by atoms with Crippen molar-refractivity contribution < 1.29 is 4.79 Å². The number of hydrogen-bond acceptors (Lipinski definition) is 3. The quantitative estimate of drug-likeness (QED) is 0.774. The lowest BCUT2D eigenvalue weighted by atomic mass is 10.0. The number of hydrogen-bond donors (Lipinski definition) is 1. The van der Waals surface area contributed by atoms with Crippen LogP contribution >= 0.6 is 0 Å². The van der Waals surface area contributed by atoms with Gasteiger partial charge in [0.2, 0.25) is 5.91 Å². The van der Waals surface area contributed by atoms with E-state index in [0.717, 1.165) is 29.1 Å². The number of H-pyrrole nitrogens is 1. The third kappa shape index (κ3) is 3.60. The number of carbonyl (C=O) groups excluding carboxylic acids is 1. The van der Waals surface area contributed by atoms with Crippen LogP contribution in [0.2, 0.25) is 0 Å². The molecule has 1 aromatic carbocycles. The Morgan fingerprint density at radius 1 is 1.12 bits per heavy atom. The third-order valence-electron chi connectivity index (χ3n) is 4.52. The first-order valence-electron chi connectivity index (χ1n) is 8.34. The number of nitrogens with one attached hydrogen (secondary N) is 1. The summed E-state index contributed by atoms with van der Waals surface area (Å²) in [5.74, 6) is 0.804. The number of nitrogens with zero attached hydrogens (tertiary/aromatic N) is 3. The lowest BCUT2D eigenvalue weighted by Gasteiger charge is -2.16. The van der Waals surface area contributed by atoms with E-state index in [1.807, 2.05) is 31.2 Å². The summed E-state index contributed by atoms with van der Waals surface area (Å²) in [7, 11) is 1.79. The fourth-order valence-electron chi connectivity index (χ4n) is 2.93. The predicted molar refractivity (Wildman–Crippen MR) is 99.5 cm³/mol. The van der Waals surface area contributed by atoms with E-state index in [0.29, 0.717) is 6.42 Å². The van der Waals surface area contributed by atoms with E-state index in [2.05, 4.69) is 34.2 Å². The summed E-state index contributed by atoms with van der Waals surface area (Å²) in [6, 6.07) is 12.0. The minimum atomic E-state index is 0.0660. The van der Waals surface area contributed by atoms with Gasteiger partial charge in [-0.05, 0) is 43.5 Å². The van der Waals surface area contributed by atoms with Crippen LogP contribution in [0, 0.1) is 13.8 Å². The highest BCUT2D eigenvalue weighted by Gasteiger charge is 2.18. The van der Waals surface area contributed by atoms with Crippen LogP contribution in [0.4, 0.5) is 5.82 Å². The van der Waals surface area contributed by atoms with Crippen LogP contribution in [0.3, 0.4) is 0 Å². The van der Waals surface area contributed by atoms with Crippen molar-refractivity contribution in [3.63, 3.8) is 0 Å². The summed E-state index contributed by atoms with van der Waals surface area (Å²) in [6.07, 6.45) is 4.67. The number of anilines is 1. The molecule has 0 aliphatic heterocycles. The second kappa shape index (κ2) is 7.30. The van der Waals surface area contributed by atoms with Crippen LogP contribution in [-0.4, -0.2) is 28.1 Å². The van der Waals surface area contributed by atoms with Gasteiger partial charge in [-0.25, -0.2) is 0 Å². The Morgan fingerprint density at radius 3 is 2.56 bits per heavy atom. The molecule has 3 rings (SSSR count). The smallest absolute Gasteiger partial charge is 0.228 e. The molecule has 1 amide bonds. The maximum Gasteiger partial charge on any atom is 0.228 e. The maximum atomic E-state index is 12.6. The van der Waals surface area contributed by atoms with Crippen LogP contribution in [0.1, 0.15) is 23.1 Å². The first kappa shape index (κ1) is 16.9. The molecule has 0 aliphatic rings. The van der Waals surface area contributed by atoms with Crippen LogP contribution in [0.15, 0.2) is 48.8 Å². The van der Waals surface area contributed by atoms with Gasteiger partial charge in [0.1, 0.15) is 5.82 Å². The van der Waals surface area contributed by atoms with Crippen LogP contribution < -0.4 is 4.90 Å². The molecule has 3 aromatic rings. The number of rotatable bonds is 5. The zero-order chi connectivity index (χ0) is 17.8. The second-order valence-corrected chi connectivity index (χ2v) is 6.16. The minimum Gasteiger partial charge on any atom is -0.300 e. The molecule has 0 spiro atoms. The monoisotopic (exact) mass is 334 g/mol. The van der Waals surface area contributed by atoms with Crippen LogP contribution in [0.5, 0.6) is 0 Å². The van der Waals surface area contributed by atoms with Gasteiger partial charge in [-0.3, -0.25) is 14.9 Å². The number of pyridine rings is 1. The summed E-state index contributed by atoms with van der Waals surface area (Å²) >= 11 is 0. The van der Waals surface area contributed by atoms with Crippen molar-refractivity contribution in [2.75, 3.05) is 11.9 Å². The van der Waals surface area contributed by atoms with E-state index in [1.165, 1.54) is 11.1 Å². The summed E-state index contributed by atoms with van der Waals surface area (Å²) < 4.78 is 0. The van der Waals surface area contributed by atoms with Gasteiger partial charge in [0.05, 0.1) is 5.69 Å². The van der Waals surface area contributed by atoms with Crippen molar-refractivity contribution >= 4 is 11.7 Å². The van der Waals surface area contributed by atoms with E-state index < -0.39 is 0 Å². The Hall–Kier alpha value is -2.95. The molecule has 5 heteroatoms. The van der Waals surface area contributed by atoms with E-state index in [4.69, 9.17) is 0 Å². The minimum absolute atomic E-state index is 0.0660. The summed E-state index contributed by atoms with van der Waals surface area (Å²) in [5.41, 5.74) is 5.21. The molecule has 0 bridgehead atoms. The number of benzene rings is 1. The predicted octanol–water partition coefficient (Wildman–Crippen LogP) is 3.68. The Kier molecular flexibility index (Phi) is 4.93. The average Bonchev–Trinajstić information content (AvgIpc) is 3.02. The van der Waals surface area contributed by atoms with E-state index in [1.54, 1.807) is 24.3 Å². The molecule has 1 N–H and O–H groups in total. The van der Waals surface area contributed by atoms with E-state index in [9.17, 15) is 4.79 Å². The van der Waals surface area contributed by atoms with Crippen LogP contribution in [0.25, 0.3) is 11.3 Å². The molecule has 5 nitrogen and oxygen atoms in total. The van der Waals surface area contributed by atoms with Gasteiger partial charge in [-0.2, -0.15) is 5.10 Å². The number of aromatic nitrogens is 3. The summed E-state index contributed by atoms with van der Waals surface area (Å²) in [4.78, 5) is 18.3. The number of aromatic amines is 1. The topological polar surface area (TPSA) is 61.9 Å². The average molecular weight is 334 g/mol. The standard InChI is InChI=1S/C20H22N4O/c1-14-6-4-5-7-16(14)8-9-18(25)24(3)20-15(2)19(22-23-20)17-10-12-21-13-11-17/h4-7,10-13H,8-9H2,1-3H3,(H,22,23). The van der Waals surface area contributed by atoms with Crippen molar-refractivity contribution in [3.8, 4) is 11.3 Å². The molecule has 128 valence electrons. The molecule has 0 atom stereocenters. The number of amides is 1. The van der Waals surface area contributed by atoms with E-state index in [-0.39, 0.29) is 5.91 Å². The highest BCUT2D eigenvalue weighted by Crippen LogP contribution is 2.27. The maximum absolute atomic E-state index is 12.6. The molecule has 2 heterocycles. The first-order chi connectivity index (χ1) is 12.1. The molecule has 0 saturated heterocycles. The molecule has 0 aliphatic carbocycles. The molecule has 0 radical (unpaired) electrons. The molecular formula is C20H22N4O. The molecule has 0 saturated carbocycles. The lowest BCUT2D eigenvalue weighted by Crippen LogP contribution is -2.27. The van der Waals surface area contributed by atoms with Gasteiger partial charge in [-0.15, -0.1) is 0 Å². The van der Waals surface area contributed by atoms with Crippen molar-refractivity contribution in [1.82, 2.24) is 15.2 Å². The fourth-order valence-corrected chi connectivity index (χ4v) is 2.93. The molecule has 0 fully saturated rings. The van der Waals surface area contributed by atoms with Crippen molar-refractivity contribution in [2.45, 2.75) is 26.7 Å². The Labute approximate surface area is 147 Å². The van der Waals surface area contributed by atoms with Gasteiger partial charge in [0, 0.05) is 37.0 Å². The number of carbonyl (C=O) groups is 1. The third-order valence-corrected chi connectivity index (χ3v) is 4.52. The first-order valence-corrected chi connectivity index (χ1v) is 8.34. The Balaban J connectivity index is 1.73. The van der Waals surface area contributed by atoms with Crippen molar-refractivity contribution in [3.05, 3.63) is 65.5 Å². The molecule has 25 heavy (non-hydrogen) atoms. The van der Waals surface area contributed by atoms with E-state index >= 15 is 0 Å². The second-order valence-electron chi connectivity index (χ2n) is 6.16. The van der Waals surface area contributed by atoms with Gasteiger partial charge in [-0.1, -0.05) is 24.3 Å².